The quantitative estimate of drug-likeness (QED) is 0.0560. The van der Waals surface area contributed by atoms with Gasteiger partial charge in [-0.05, 0) is 94.6 Å². The molecule has 3 aliphatic rings. The standard InChI is InChI=1S/C45H52N2O11Si/c1-43(2,3)56-42(52)55-37-28-19-25(22-48)17-18-27(28)36(53-9)29-20-26-21-30-34(47(7)8)38-33(41(46-57-38)54-23-24-15-13-12-14-16-24)40(51)45(30,58-59(10,11)44(4,5)6)39(50)31(26)35(49)32(29)37/h12-19,22,26,30,34,49H,20-21,23H2,1-11H3/t26-,30-,34-,45-/m0/s1. The van der Waals surface area contributed by atoms with Crippen molar-refractivity contribution in [2.45, 2.75) is 96.4 Å². The molecule has 1 N–H and O–H groups in total. The van der Waals surface area contributed by atoms with Crippen molar-refractivity contribution in [3.05, 3.63) is 87.7 Å². The van der Waals surface area contributed by atoms with Gasteiger partial charge in [-0.2, -0.15) is 0 Å². The zero-order valence-corrected chi connectivity index (χ0v) is 36.5. The van der Waals surface area contributed by atoms with Crippen LogP contribution in [0.5, 0.6) is 17.4 Å². The molecule has 13 nitrogen and oxygen atoms in total. The lowest BCUT2D eigenvalue weighted by atomic mass is 9.57. The minimum absolute atomic E-state index is 0.0145. The molecule has 0 amide bonds. The third-order valence-corrected chi connectivity index (χ3v) is 16.6. The molecule has 4 atom stereocenters. The highest BCUT2D eigenvalue weighted by molar-refractivity contribution is 6.74. The Kier molecular flexibility index (Phi) is 10.5. The number of rotatable bonds is 9. The summed E-state index contributed by atoms with van der Waals surface area (Å²) in [6.45, 7) is 15.2. The van der Waals surface area contributed by atoms with Crippen LogP contribution in [0.25, 0.3) is 16.5 Å². The highest BCUT2D eigenvalue weighted by Crippen LogP contribution is 2.60. The lowest BCUT2D eigenvalue weighted by Crippen LogP contribution is -2.68. The molecule has 0 unspecified atom stereocenters. The van der Waals surface area contributed by atoms with Crippen LogP contribution in [0.15, 0.2) is 58.6 Å². The van der Waals surface area contributed by atoms with Crippen molar-refractivity contribution in [2.24, 2.45) is 11.8 Å². The van der Waals surface area contributed by atoms with Gasteiger partial charge >= 0.3 is 6.16 Å². The normalized spacial score (nSPS) is 21.7. The predicted octanol–water partition coefficient (Wildman–Crippen LogP) is 8.83. The van der Waals surface area contributed by atoms with Crippen molar-refractivity contribution < 1.29 is 52.2 Å². The number of ketones is 2. The number of ether oxygens (including phenoxy) is 4. The second kappa shape index (κ2) is 14.7. The Bertz CT molecular complexity index is 2400. The van der Waals surface area contributed by atoms with E-state index < -0.39 is 65.9 Å². The van der Waals surface area contributed by atoms with Crippen molar-refractivity contribution in [2.75, 3.05) is 21.2 Å². The topological polar surface area (TPSA) is 164 Å². The number of Topliss-reactive ketones (excluding diaryl/α,β-unsaturated/α-hetero) is 2. The first-order valence-corrected chi connectivity index (χ1v) is 22.6. The van der Waals surface area contributed by atoms with Crippen molar-refractivity contribution in [3.8, 4) is 17.4 Å². The van der Waals surface area contributed by atoms with E-state index in [1.807, 2.05) is 83.2 Å². The Morgan fingerprint density at radius 1 is 1.00 bits per heavy atom. The largest absolute Gasteiger partial charge is 0.514 e. The molecule has 312 valence electrons. The maximum absolute atomic E-state index is 15.9. The smallest absolute Gasteiger partial charge is 0.507 e. The van der Waals surface area contributed by atoms with Gasteiger partial charge < -0.3 is 33.0 Å². The van der Waals surface area contributed by atoms with E-state index in [0.717, 1.165) is 5.56 Å². The van der Waals surface area contributed by atoms with E-state index in [1.54, 1.807) is 32.9 Å². The average Bonchev–Trinajstić information content (AvgIpc) is 3.57. The van der Waals surface area contributed by atoms with E-state index in [9.17, 15) is 14.7 Å². The number of nitrogens with zero attached hydrogens (tertiary/aromatic N) is 2. The summed E-state index contributed by atoms with van der Waals surface area (Å²) in [5.41, 5.74) is -1.49. The maximum atomic E-state index is 15.9. The minimum atomic E-state index is -3.01. The molecule has 0 spiro atoms. The SMILES string of the molecule is COc1c2c(c(OC(=O)OC(C)(C)C)c3cc(C=O)ccc13)C(O)=C1C(=O)[C@]3(O[Si](C)(C)C(C)(C)C)C(=O)c4c(OCc5ccccc5)noc4[C@@H](N(C)C)[C@@H]3C[C@@H]1C2. The lowest BCUT2D eigenvalue weighted by Gasteiger charge is -2.55. The molecule has 3 aromatic carbocycles. The molecule has 3 aliphatic carbocycles. The first kappa shape index (κ1) is 41.8. The third-order valence-electron chi connectivity index (χ3n) is 12.1. The van der Waals surface area contributed by atoms with Gasteiger partial charge in [0, 0.05) is 33.4 Å². The van der Waals surface area contributed by atoms with Crippen LogP contribution in [0, 0.1) is 11.8 Å². The summed E-state index contributed by atoms with van der Waals surface area (Å²) in [7, 11) is 2.17. The van der Waals surface area contributed by atoms with E-state index >= 15 is 9.59 Å². The molecule has 4 aromatic rings. The molecule has 1 heterocycles. The number of fused-ring (bicyclic) bond motifs is 5. The molecule has 0 aliphatic heterocycles. The summed E-state index contributed by atoms with van der Waals surface area (Å²) in [4.78, 5) is 58.9. The van der Waals surface area contributed by atoms with Crippen molar-refractivity contribution in [1.29, 1.82) is 0 Å². The molecular formula is C45H52N2O11Si. The van der Waals surface area contributed by atoms with Crippen LogP contribution in [0.4, 0.5) is 4.79 Å². The van der Waals surface area contributed by atoms with Gasteiger partial charge in [0.05, 0.1) is 18.7 Å². The van der Waals surface area contributed by atoms with Crippen LogP contribution in [0.3, 0.4) is 0 Å². The minimum Gasteiger partial charge on any atom is -0.507 e. The van der Waals surface area contributed by atoms with Crippen molar-refractivity contribution in [3.63, 3.8) is 0 Å². The first-order chi connectivity index (χ1) is 27.6. The summed E-state index contributed by atoms with van der Waals surface area (Å²) in [6, 6.07) is 13.6. The molecule has 7 rings (SSSR count). The van der Waals surface area contributed by atoms with Gasteiger partial charge in [-0.25, -0.2) is 4.79 Å². The van der Waals surface area contributed by atoms with Crippen LogP contribution in [-0.4, -0.2) is 79.9 Å². The summed E-state index contributed by atoms with van der Waals surface area (Å²) < 4.78 is 36.9. The van der Waals surface area contributed by atoms with Gasteiger partial charge in [0.25, 0.3) is 5.88 Å². The molecule has 0 saturated heterocycles. The highest BCUT2D eigenvalue weighted by Gasteiger charge is 2.69. The molecule has 0 radical (unpaired) electrons. The average molecular weight is 825 g/mol. The molecule has 1 aromatic heterocycles. The van der Waals surface area contributed by atoms with Crippen molar-refractivity contribution in [1.82, 2.24) is 10.1 Å². The zero-order chi connectivity index (χ0) is 43.0. The summed E-state index contributed by atoms with van der Waals surface area (Å²) >= 11 is 0. The summed E-state index contributed by atoms with van der Waals surface area (Å²) in [5.74, 6) is -2.82. The van der Waals surface area contributed by atoms with E-state index in [4.69, 9.17) is 27.9 Å². The van der Waals surface area contributed by atoms with Crippen LogP contribution >= 0.6 is 0 Å². The van der Waals surface area contributed by atoms with Crippen LogP contribution in [0.2, 0.25) is 18.1 Å². The number of benzene rings is 3. The zero-order valence-electron chi connectivity index (χ0n) is 35.5. The number of aliphatic hydroxyl groups is 1. The molecular weight excluding hydrogens is 773 g/mol. The number of hydrogen-bond acceptors (Lipinski definition) is 13. The van der Waals surface area contributed by atoms with E-state index in [0.29, 0.717) is 23.0 Å². The Morgan fingerprint density at radius 2 is 1.69 bits per heavy atom. The third kappa shape index (κ3) is 6.94. The number of carbonyl (C=O) groups excluding carboxylic acids is 4. The van der Waals surface area contributed by atoms with Crippen LogP contribution in [0.1, 0.15) is 97.2 Å². The second-order valence-electron chi connectivity index (χ2n) is 18.4. The first-order valence-electron chi connectivity index (χ1n) is 19.7. The van der Waals surface area contributed by atoms with Crippen molar-refractivity contribution >= 4 is 48.9 Å². The number of aromatic nitrogens is 1. The van der Waals surface area contributed by atoms with Crippen LogP contribution in [-0.2, 0) is 27.0 Å². The van der Waals surface area contributed by atoms with Gasteiger partial charge in [-0.3, -0.25) is 19.3 Å². The van der Waals surface area contributed by atoms with Gasteiger partial charge in [0.15, 0.2) is 25.4 Å². The van der Waals surface area contributed by atoms with E-state index in [1.165, 1.54) is 13.2 Å². The Balaban J connectivity index is 1.49. The van der Waals surface area contributed by atoms with E-state index in [2.05, 4.69) is 5.16 Å². The second-order valence-corrected chi connectivity index (χ2v) is 23.1. The summed E-state index contributed by atoms with van der Waals surface area (Å²) in [5, 5.41) is 17.3. The number of carbonyl (C=O) groups is 4. The fourth-order valence-corrected chi connectivity index (χ4v) is 10.00. The Labute approximate surface area is 344 Å². The maximum Gasteiger partial charge on any atom is 0.514 e. The van der Waals surface area contributed by atoms with Gasteiger partial charge in [-0.15, -0.1) is 0 Å². The molecule has 59 heavy (non-hydrogen) atoms. The fraction of sp³-hybridized carbons (Fsp3) is 0.444. The summed E-state index contributed by atoms with van der Waals surface area (Å²) in [6.07, 6.45) is -0.0392. The number of aliphatic hydroxyl groups excluding tert-OH is 1. The van der Waals surface area contributed by atoms with Gasteiger partial charge in [0.2, 0.25) is 11.6 Å². The Hall–Kier alpha value is -5.31. The highest BCUT2D eigenvalue weighted by atomic mass is 28.4. The molecule has 0 bridgehead atoms. The van der Waals surface area contributed by atoms with Gasteiger partial charge in [0.1, 0.15) is 35.6 Å². The lowest BCUT2D eigenvalue weighted by molar-refractivity contribution is -0.140. The molecule has 14 heteroatoms. The number of methoxy groups -OCH3 is 1. The molecule has 1 fully saturated rings. The predicted molar refractivity (Wildman–Crippen MR) is 222 cm³/mol. The monoisotopic (exact) mass is 824 g/mol. The Morgan fingerprint density at radius 3 is 2.31 bits per heavy atom. The van der Waals surface area contributed by atoms with Gasteiger partial charge in [-0.1, -0.05) is 57.2 Å². The number of hydrogen-bond donors (Lipinski definition) is 1. The van der Waals surface area contributed by atoms with Crippen LogP contribution < -0.4 is 14.2 Å². The fourth-order valence-electron chi connectivity index (χ4n) is 8.55. The van der Waals surface area contributed by atoms with E-state index in [-0.39, 0.29) is 64.5 Å². The number of aldehydes is 1. The molecule has 1 saturated carbocycles.